The van der Waals surface area contributed by atoms with E-state index in [0.29, 0.717) is 0 Å². The van der Waals surface area contributed by atoms with Gasteiger partial charge in [-0.05, 0) is 93.0 Å². The maximum absolute atomic E-state index is 7.17. The fourth-order valence-corrected chi connectivity index (χ4v) is 10.2. The van der Waals surface area contributed by atoms with Crippen molar-refractivity contribution >= 4 is 38.8 Å². The number of nitrogens with zero attached hydrogens (tertiary/aromatic N) is 4. The molecule has 5 heteroatoms. The third kappa shape index (κ3) is 6.21. The Bertz CT molecular complexity index is 3170. The summed E-state index contributed by atoms with van der Waals surface area (Å²) in [5, 5.41) is 7.23. The van der Waals surface area contributed by atoms with Gasteiger partial charge in [0.05, 0.1) is 23.2 Å². The molecule has 2 aliphatic heterocycles. The largest absolute Gasteiger partial charge is 0.333 e. The van der Waals surface area contributed by atoms with Crippen LogP contribution in [0.15, 0.2) is 224 Å². The van der Waals surface area contributed by atoms with Gasteiger partial charge in [-0.3, -0.25) is 0 Å². The summed E-state index contributed by atoms with van der Waals surface area (Å²) >= 11 is 0. The molecule has 0 radical (unpaired) electrons. The van der Waals surface area contributed by atoms with Crippen molar-refractivity contribution in [2.45, 2.75) is 30.8 Å². The first-order valence-corrected chi connectivity index (χ1v) is 21.6. The number of anilines is 2. The molecule has 1 fully saturated rings. The van der Waals surface area contributed by atoms with E-state index in [1.54, 1.807) is 0 Å². The molecule has 0 spiro atoms. The second-order valence-electron chi connectivity index (χ2n) is 16.7. The molecule has 3 heterocycles. The lowest BCUT2D eigenvalue weighted by Gasteiger charge is -2.30. The zero-order valence-electron chi connectivity index (χ0n) is 34.2. The number of rotatable bonds is 9. The first-order valence-electron chi connectivity index (χ1n) is 21.6. The second-order valence-corrected chi connectivity index (χ2v) is 16.7. The number of hydrazine groups is 1. The molecule has 1 aromatic heterocycles. The van der Waals surface area contributed by atoms with Crippen molar-refractivity contribution in [2.24, 2.45) is 5.73 Å². The first kappa shape index (κ1) is 36.6. The predicted molar refractivity (Wildman–Crippen MR) is 255 cm³/mol. The van der Waals surface area contributed by atoms with Crippen LogP contribution in [0, 0.1) is 0 Å². The third-order valence-electron chi connectivity index (χ3n) is 13.1. The molecule has 2 N–H and O–H groups in total. The molecule has 12 rings (SSSR count). The lowest BCUT2D eigenvalue weighted by Crippen LogP contribution is -2.29. The summed E-state index contributed by atoms with van der Waals surface area (Å²) in [5.41, 5.74) is 23.0. The van der Waals surface area contributed by atoms with Crippen molar-refractivity contribution in [3.8, 4) is 16.8 Å². The van der Waals surface area contributed by atoms with Crippen molar-refractivity contribution in [3.63, 3.8) is 0 Å². The molecule has 6 atom stereocenters. The summed E-state index contributed by atoms with van der Waals surface area (Å²) in [7, 11) is 0. The maximum Gasteiger partial charge on any atom is 0.117 e. The number of fused-ring (bicyclic) bond motifs is 6. The van der Waals surface area contributed by atoms with Crippen LogP contribution in [-0.2, 0) is 6.54 Å². The van der Waals surface area contributed by atoms with E-state index >= 15 is 0 Å². The predicted octanol–water partition coefficient (Wildman–Crippen LogP) is 13.1. The van der Waals surface area contributed by atoms with Crippen LogP contribution in [0.1, 0.15) is 46.1 Å². The van der Waals surface area contributed by atoms with Gasteiger partial charge in [-0.15, -0.1) is 0 Å². The minimum Gasteiger partial charge on any atom is -0.333 e. The molecule has 9 aromatic rings. The van der Waals surface area contributed by atoms with Gasteiger partial charge >= 0.3 is 0 Å². The van der Waals surface area contributed by atoms with E-state index in [-0.39, 0.29) is 24.3 Å². The van der Waals surface area contributed by atoms with Gasteiger partial charge in [0.25, 0.3) is 0 Å². The van der Waals surface area contributed by atoms with Crippen LogP contribution in [0.25, 0.3) is 44.2 Å². The van der Waals surface area contributed by atoms with Crippen molar-refractivity contribution in [1.29, 1.82) is 0 Å². The molecule has 0 bridgehead atoms. The highest BCUT2D eigenvalue weighted by molar-refractivity contribution is 6.10. The second kappa shape index (κ2) is 15.0. The summed E-state index contributed by atoms with van der Waals surface area (Å²) in [6.07, 6.45) is 7.02. The van der Waals surface area contributed by atoms with Gasteiger partial charge in [0, 0.05) is 40.3 Å². The summed E-state index contributed by atoms with van der Waals surface area (Å²) in [5.74, 6) is 0.195. The SMILES string of the molecule is NC(c1cccc(C2=CC3c4ccccc4N(c4cccc(-c5ccc6c7ccccc7n(-c7ccccc7)c6c5)c4)C3C=C2)c1)N1C(c2ccccc2)N1Cc1ccccc1. The van der Waals surface area contributed by atoms with Crippen molar-refractivity contribution in [3.05, 3.63) is 252 Å². The smallest absolute Gasteiger partial charge is 0.117 e. The van der Waals surface area contributed by atoms with Crippen LogP contribution >= 0.6 is 0 Å². The molecular formula is C57H45N5. The van der Waals surface area contributed by atoms with Crippen molar-refractivity contribution < 1.29 is 0 Å². The van der Waals surface area contributed by atoms with E-state index in [1.165, 1.54) is 77.8 Å². The van der Waals surface area contributed by atoms with Crippen LogP contribution in [0.4, 0.5) is 11.4 Å². The van der Waals surface area contributed by atoms with E-state index in [9.17, 15) is 0 Å². The Balaban J connectivity index is 0.854. The number of aromatic nitrogens is 1. The lowest BCUT2D eigenvalue weighted by atomic mass is 9.86. The summed E-state index contributed by atoms with van der Waals surface area (Å²) in [6, 6.07) is 74.7. The Labute approximate surface area is 362 Å². The molecule has 6 unspecified atom stereocenters. The van der Waals surface area contributed by atoms with Crippen LogP contribution < -0.4 is 10.6 Å². The van der Waals surface area contributed by atoms with Crippen LogP contribution in [0.3, 0.4) is 0 Å². The number of allylic oxidation sites excluding steroid dienone is 2. The van der Waals surface area contributed by atoms with Gasteiger partial charge in [-0.1, -0.05) is 176 Å². The normalized spacial score (nSPS) is 20.5. The Morgan fingerprint density at radius 3 is 2.06 bits per heavy atom. The number of para-hydroxylation sites is 3. The molecule has 3 aliphatic rings. The zero-order valence-corrected chi connectivity index (χ0v) is 34.2. The Kier molecular flexibility index (Phi) is 8.85. The number of hydrogen-bond donors (Lipinski definition) is 1. The van der Waals surface area contributed by atoms with Gasteiger partial charge in [-0.2, -0.15) is 5.01 Å². The average Bonchev–Trinajstić information content (AvgIpc) is 3.81. The molecular weight excluding hydrogens is 755 g/mol. The monoisotopic (exact) mass is 799 g/mol. The topological polar surface area (TPSA) is 40.2 Å². The Morgan fingerprint density at radius 2 is 1.21 bits per heavy atom. The van der Waals surface area contributed by atoms with E-state index < -0.39 is 0 Å². The number of nitrogens with two attached hydrogens (primary N) is 1. The minimum absolute atomic E-state index is 0.118. The molecule has 0 amide bonds. The summed E-state index contributed by atoms with van der Waals surface area (Å²) < 4.78 is 2.39. The molecule has 5 nitrogen and oxygen atoms in total. The standard InChI is InChI=1S/C57H45N5/c58-56(62-57(40-18-6-2-7-19-40)59(62)38-39-16-4-1-5-17-39)45-22-14-20-41(34-45)43-31-33-54-51(36-43)49-27-11-13-29-53(49)61(54)47-25-15-21-42(35-47)44-30-32-50-48-26-10-12-28-52(48)60(55(50)37-44)46-23-8-3-9-24-46/h1-37,51,54,56-57H,38,58H2. The lowest BCUT2D eigenvalue weighted by molar-refractivity contribution is 0.237. The van der Waals surface area contributed by atoms with E-state index in [0.717, 1.165) is 12.1 Å². The molecule has 1 saturated heterocycles. The maximum atomic E-state index is 7.17. The van der Waals surface area contributed by atoms with Crippen LogP contribution in [-0.4, -0.2) is 20.6 Å². The van der Waals surface area contributed by atoms with Crippen LogP contribution in [0.2, 0.25) is 0 Å². The molecule has 8 aromatic carbocycles. The van der Waals surface area contributed by atoms with Crippen molar-refractivity contribution in [2.75, 3.05) is 4.90 Å². The zero-order chi connectivity index (χ0) is 41.1. The van der Waals surface area contributed by atoms with E-state index in [1.807, 2.05) is 0 Å². The highest BCUT2D eigenvalue weighted by Crippen LogP contribution is 2.51. The first-order chi connectivity index (χ1) is 30.7. The van der Waals surface area contributed by atoms with Gasteiger partial charge in [0.1, 0.15) is 6.17 Å². The third-order valence-corrected chi connectivity index (χ3v) is 13.1. The number of hydrogen-bond acceptors (Lipinski definition) is 4. The number of benzene rings is 8. The molecule has 62 heavy (non-hydrogen) atoms. The summed E-state index contributed by atoms with van der Waals surface area (Å²) in [4.78, 5) is 2.53. The minimum atomic E-state index is -0.290. The fourth-order valence-electron chi connectivity index (χ4n) is 10.2. The van der Waals surface area contributed by atoms with Crippen LogP contribution in [0.5, 0.6) is 0 Å². The quantitative estimate of drug-likeness (QED) is 0.148. The highest BCUT2D eigenvalue weighted by atomic mass is 15.9. The fraction of sp³-hybridized carbons (Fsp3) is 0.0877. The van der Waals surface area contributed by atoms with Gasteiger partial charge in [0.15, 0.2) is 0 Å². The average molecular weight is 800 g/mol. The van der Waals surface area contributed by atoms with Gasteiger partial charge in [0.2, 0.25) is 0 Å². The molecule has 0 saturated carbocycles. The molecule has 298 valence electrons. The van der Waals surface area contributed by atoms with E-state index in [2.05, 4.69) is 244 Å². The van der Waals surface area contributed by atoms with Gasteiger partial charge in [-0.25, -0.2) is 5.01 Å². The Morgan fingerprint density at radius 1 is 0.532 bits per heavy atom. The Hall–Kier alpha value is -7.28. The molecule has 1 aliphatic carbocycles. The van der Waals surface area contributed by atoms with E-state index in [4.69, 9.17) is 5.73 Å². The summed E-state index contributed by atoms with van der Waals surface area (Å²) in [6.45, 7) is 0.804. The highest BCUT2D eigenvalue weighted by Gasteiger charge is 2.49. The van der Waals surface area contributed by atoms with Crippen molar-refractivity contribution in [1.82, 2.24) is 14.6 Å². The van der Waals surface area contributed by atoms with Gasteiger partial charge < -0.3 is 15.2 Å².